The molecule has 6 nitrogen and oxygen atoms in total. The number of nitrogens with two attached hydrogens (primary N) is 1. The molecule has 3 heterocycles. The van der Waals surface area contributed by atoms with Gasteiger partial charge in [0.05, 0.1) is 6.33 Å². The molecule has 2 N–H and O–H groups in total. The lowest BCUT2D eigenvalue weighted by Crippen LogP contribution is -2.17. The molecule has 7 heteroatoms. The molecule has 3 aromatic rings. The first-order valence-corrected chi connectivity index (χ1v) is 7.98. The van der Waals surface area contributed by atoms with Gasteiger partial charge < -0.3 is 10.5 Å². The summed E-state index contributed by atoms with van der Waals surface area (Å²) in [5, 5.41) is 0.174. The van der Waals surface area contributed by atoms with Gasteiger partial charge in [0, 0.05) is 17.9 Å². The molecule has 0 spiro atoms. The minimum atomic E-state index is -0.0549. The maximum atomic E-state index is 6.15. The van der Waals surface area contributed by atoms with E-state index in [1.807, 2.05) is 28.8 Å². The number of ether oxygens (including phenoxy) is 1. The molecule has 1 aliphatic heterocycles. The number of hydrogen-bond donors (Lipinski definition) is 1. The monoisotopic (exact) mass is 329 g/mol. The van der Waals surface area contributed by atoms with Crippen molar-refractivity contribution >= 4 is 28.5 Å². The Morgan fingerprint density at radius 2 is 2.09 bits per heavy atom. The van der Waals surface area contributed by atoms with Gasteiger partial charge in [-0.05, 0) is 36.9 Å². The maximum Gasteiger partial charge on any atom is 0.225 e. The van der Waals surface area contributed by atoms with E-state index in [9.17, 15) is 0 Å². The van der Waals surface area contributed by atoms with Gasteiger partial charge in [-0.2, -0.15) is 4.98 Å². The minimum Gasteiger partial charge on any atom is -0.398 e. The topological polar surface area (TPSA) is 78.9 Å². The van der Waals surface area contributed by atoms with E-state index in [0.717, 1.165) is 31.4 Å². The summed E-state index contributed by atoms with van der Waals surface area (Å²) in [7, 11) is 0. The van der Waals surface area contributed by atoms with Crippen LogP contribution in [0.25, 0.3) is 22.4 Å². The lowest BCUT2D eigenvalue weighted by Gasteiger charge is -2.23. The Kier molecular flexibility index (Phi) is 3.63. The van der Waals surface area contributed by atoms with Crippen LogP contribution in [-0.4, -0.2) is 26.1 Å². The maximum absolute atomic E-state index is 6.15. The molecule has 1 aliphatic rings. The summed E-state index contributed by atoms with van der Waals surface area (Å²) in [5.74, 6) is 0. The smallest absolute Gasteiger partial charge is 0.225 e. The predicted octanol–water partition coefficient (Wildman–Crippen LogP) is 3.43. The van der Waals surface area contributed by atoms with Crippen LogP contribution in [0.2, 0.25) is 5.28 Å². The number of fused-ring (bicyclic) bond motifs is 1. The second-order valence-corrected chi connectivity index (χ2v) is 5.91. The molecule has 0 saturated carbocycles. The Morgan fingerprint density at radius 3 is 2.87 bits per heavy atom. The number of nitrogen functional groups attached to an aromatic ring is 1. The van der Waals surface area contributed by atoms with Crippen molar-refractivity contribution < 1.29 is 4.74 Å². The molecule has 0 bridgehead atoms. The van der Waals surface area contributed by atoms with Crippen LogP contribution in [0.4, 0.5) is 5.69 Å². The number of aromatic nitrogens is 4. The molecule has 0 aliphatic carbocycles. The molecule has 1 fully saturated rings. The van der Waals surface area contributed by atoms with Crippen LogP contribution in [-0.2, 0) is 4.74 Å². The van der Waals surface area contributed by atoms with Gasteiger partial charge in [0.25, 0.3) is 0 Å². The fourth-order valence-corrected chi connectivity index (χ4v) is 3.11. The highest BCUT2D eigenvalue weighted by Gasteiger charge is 2.22. The molecule has 1 aromatic carbocycles. The summed E-state index contributed by atoms with van der Waals surface area (Å²) in [6.45, 7) is 0.752. The van der Waals surface area contributed by atoms with E-state index in [2.05, 4.69) is 15.0 Å². The van der Waals surface area contributed by atoms with Crippen molar-refractivity contribution in [2.75, 3.05) is 12.3 Å². The molecule has 118 valence electrons. The van der Waals surface area contributed by atoms with Crippen LogP contribution >= 0.6 is 11.6 Å². The van der Waals surface area contributed by atoms with Gasteiger partial charge in [0.1, 0.15) is 17.4 Å². The van der Waals surface area contributed by atoms with Gasteiger partial charge in [0.15, 0.2) is 5.65 Å². The number of anilines is 1. The van der Waals surface area contributed by atoms with Crippen LogP contribution in [0, 0.1) is 0 Å². The lowest BCUT2D eigenvalue weighted by molar-refractivity contribution is -0.0298. The van der Waals surface area contributed by atoms with Crippen LogP contribution in [0.3, 0.4) is 0 Å². The van der Waals surface area contributed by atoms with Crippen LogP contribution in [0.1, 0.15) is 25.5 Å². The molecule has 0 radical (unpaired) electrons. The highest BCUT2D eigenvalue weighted by atomic mass is 35.5. The van der Waals surface area contributed by atoms with Crippen molar-refractivity contribution in [3.63, 3.8) is 0 Å². The summed E-state index contributed by atoms with van der Waals surface area (Å²) in [6, 6.07) is 7.53. The Labute approximate surface area is 138 Å². The standard InChI is InChI=1S/C16H16ClN5O/c17-16-20-13(10-5-1-2-6-11(10)18)14-15(21-16)22(9-19-14)12-7-3-4-8-23-12/h1-2,5-6,9,12H,3-4,7-8,18H2. The third-order valence-electron chi connectivity index (χ3n) is 4.08. The number of benzene rings is 1. The highest BCUT2D eigenvalue weighted by Crippen LogP contribution is 2.32. The SMILES string of the molecule is Nc1ccccc1-c1nc(Cl)nc2c1ncn2C1CCCCO1. The van der Waals surface area contributed by atoms with E-state index in [-0.39, 0.29) is 11.5 Å². The van der Waals surface area contributed by atoms with Crippen molar-refractivity contribution in [3.05, 3.63) is 35.9 Å². The second-order valence-electron chi connectivity index (χ2n) is 5.57. The summed E-state index contributed by atoms with van der Waals surface area (Å²) in [4.78, 5) is 13.2. The van der Waals surface area contributed by atoms with Crippen LogP contribution in [0.15, 0.2) is 30.6 Å². The summed E-state index contributed by atoms with van der Waals surface area (Å²) in [6.07, 6.45) is 4.84. The lowest BCUT2D eigenvalue weighted by atomic mass is 10.1. The number of imidazole rings is 1. The average molecular weight is 330 g/mol. The van der Waals surface area contributed by atoms with Gasteiger partial charge >= 0.3 is 0 Å². The molecule has 1 atom stereocenters. The average Bonchev–Trinajstić information content (AvgIpc) is 2.99. The van der Waals surface area contributed by atoms with E-state index >= 15 is 0 Å². The normalized spacial score (nSPS) is 18.4. The quantitative estimate of drug-likeness (QED) is 0.575. The molecule has 1 unspecified atom stereocenters. The molecular formula is C16H16ClN5O. The van der Waals surface area contributed by atoms with Crippen molar-refractivity contribution in [2.45, 2.75) is 25.5 Å². The molecule has 4 rings (SSSR count). The van der Waals surface area contributed by atoms with E-state index in [0.29, 0.717) is 22.5 Å². The number of halogens is 1. The van der Waals surface area contributed by atoms with Gasteiger partial charge in [-0.1, -0.05) is 18.2 Å². The number of rotatable bonds is 2. The zero-order chi connectivity index (χ0) is 15.8. The Bertz CT molecular complexity index is 857. The summed E-state index contributed by atoms with van der Waals surface area (Å²) < 4.78 is 7.77. The van der Waals surface area contributed by atoms with Crippen LogP contribution < -0.4 is 5.73 Å². The largest absolute Gasteiger partial charge is 0.398 e. The first-order valence-electron chi connectivity index (χ1n) is 7.60. The van der Waals surface area contributed by atoms with Crippen molar-refractivity contribution in [3.8, 4) is 11.3 Å². The molecule has 1 saturated heterocycles. The minimum absolute atomic E-state index is 0.0549. The Morgan fingerprint density at radius 1 is 1.22 bits per heavy atom. The summed E-state index contributed by atoms with van der Waals surface area (Å²) in [5.41, 5.74) is 9.52. The third kappa shape index (κ3) is 2.54. The first kappa shape index (κ1) is 14.4. The highest BCUT2D eigenvalue weighted by molar-refractivity contribution is 6.28. The van der Waals surface area contributed by atoms with Gasteiger partial charge in [0.2, 0.25) is 5.28 Å². The Hall–Kier alpha value is -2.18. The second kappa shape index (κ2) is 5.79. The number of nitrogens with zero attached hydrogens (tertiary/aromatic N) is 4. The molecule has 23 heavy (non-hydrogen) atoms. The molecule has 0 amide bonds. The van der Waals surface area contributed by atoms with Crippen molar-refractivity contribution in [1.29, 1.82) is 0 Å². The van der Waals surface area contributed by atoms with E-state index in [4.69, 9.17) is 22.1 Å². The Balaban J connectivity index is 1.90. The number of hydrogen-bond acceptors (Lipinski definition) is 5. The van der Waals surface area contributed by atoms with Gasteiger partial charge in [-0.25, -0.2) is 9.97 Å². The molecular weight excluding hydrogens is 314 g/mol. The predicted molar refractivity (Wildman–Crippen MR) is 89.0 cm³/mol. The first-order chi connectivity index (χ1) is 11.2. The zero-order valence-corrected chi connectivity index (χ0v) is 13.2. The van der Waals surface area contributed by atoms with Gasteiger partial charge in [-0.3, -0.25) is 4.57 Å². The van der Waals surface area contributed by atoms with E-state index < -0.39 is 0 Å². The van der Waals surface area contributed by atoms with Crippen molar-refractivity contribution in [2.24, 2.45) is 0 Å². The zero-order valence-electron chi connectivity index (χ0n) is 12.4. The van der Waals surface area contributed by atoms with E-state index in [1.54, 1.807) is 6.33 Å². The van der Waals surface area contributed by atoms with Crippen molar-refractivity contribution in [1.82, 2.24) is 19.5 Å². The fourth-order valence-electron chi connectivity index (χ4n) is 2.94. The van der Waals surface area contributed by atoms with E-state index in [1.165, 1.54) is 0 Å². The van der Waals surface area contributed by atoms with Crippen LogP contribution in [0.5, 0.6) is 0 Å². The van der Waals surface area contributed by atoms with Gasteiger partial charge in [-0.15, -0.1) is 0 Å². The fraction of sp³-hybridized carbons (Fsp3) is 0.312. The number of para-hydroxylation sites is 1. The third-order valence-corrected chi connectivity index (χ3v) is 4.24. The molecule has 2 aromatic heterocycles. The summed E-state index contributed by atoms with van der Waals surface area (Å²) >= 11 is 6.15.